The third-order valence-corrected chi connectivity index (χ3v) is 4.84. The highest BCUT2D eigenvalue weighted by Gasteiger charge is 2.29. The second-order valence-corrected chi connectivity index (χ2v) is 6.41. The van der Waals surface area contributed by atoms with Gasteiger partial charge in [-0.05, 0) is 31.7 Å². The molecule has 0 bridgehead atoms. The van der Waals surface area contributed by atoms with E-state index in [1.165, 1.54) is 31.4 Å². The first-order chi connectivity index (χ1) is 11.0. The maximum absolute atomic E-state index is 14.1. The van der Waals surface area contributed by atoms with Crippen molar-refractivity contribution in [3.05, 3.63) is 52.3 Å². The summed E-state index contributed by atoms with van der Waals surface area (Å²) in [7, 11) is 1.76. The Morgan fingerprint density at radius 2 is 1.91 bits per heavy atom. The summed E-state index contributed by atoms with van der Waals surface area (Å²) in [5.41, 5.74) is 2.63. The molecule has 3 nitrogen and oxygen atoms in total. The SMILES string of the molecule is Cc1nn(C)c(C(O)c2ccc(F)cc2F)c1C1CCCCC1. The molecule has 1 aliphatic rings. The zero-order chi connectivity index (χ0) is 16.6. The molecule has 1 aromatic carbocycles. The van der Waals surface area contributed by atoms with Gasteiger partial charge in [-0.15, -0.1) is 0 Å². The molecule has 2 aromatic rings. The molecule has 3 rings (SSSR count). The normalized spacial score (nSPS) is 17.4. The number of aromatic nitrogens is 2. The molecule has 1 N–H and O–H groups in total. The topological polar surface area (TPSA) is 38.0 Å². The van der Waals surface area contributed by atoms with Crippen LogP contribution in [0.2, 0.25) is 0 Å². The molecule has 1 heterocycles. The molecular formula is C18H22F2N2O. The van der Waals surface area contributed by atoms with Gasteiger partial charge in [-0.3, -0.25) is 4.68 Å². The van der Waals surface area contributed by atoms with Gasteiger partial charge in [0.2, 0.25) is 0 Å². The molecular weight excluding hydrogens is 298 g/mol. The van der Waals surface area contributed by atoms with E-state index in [-0.39, 0.29) is 5.56 Å². The van der Waals surface area contributed by atoms with E-state index in [0.29, 0.717) is 11.6 Å². The minimum absolute atomic E-state index is 0.0893. The van der Waals surface area contributed by atoms with Gasteiger partial charge >= 0.3 is 0 Å². The number of aryl methyl sites for hydroxylation is 2. The number of rotatable bonds is 3. The van der Waals surface area contributed by atoms with E-state index in [4.69, 9.17) is 0 Å². The van der Waals surface area contributed by atoms with Gasteiger partial charge in [-0.1, -0.05) is 25.3 Å². The Balaban J connectivity index is 2.04. The quantitative estimate of drug-likeness (QED) is 0.923. The van der Waals surface area contributed by atoms with Crippen LogP contribution in [0.15, 0.2) is 18.2 Å². The predicted molar refractivity (Wildman–Crippen MR) is 84.2 cm³/mol. The van der Waals surface area contributed by atoms with Crippen LogP contribution in [0.1, 0.15) is 66.6 Å². The fraction of sp³-hybridized carbons (Fsp3) is 0.500. The Hall–Kier alpha value is -1.75. The highest BCUT2D eigenvalue weighted by molar-refractivity contribution is 5.37. The molecule has 1 atom stereocenters. The van der Waals surface area contributed by atoms with E-state index >= 15 is 0 Å². The van der Waals surface area contributed by atoms with Crippen molar-refractivity contribution in [2.75, 3.05) is 0 Å². The first-order valence-electron chi connectivity index (χ1n) is 8.15. The van der Waals surface area contributed by atoms with Crippen molar-refractivity contribution in [2.45, 2.75) is 51.0 Å². The molecule has 1 aromatic heterocycles. The molecule has 0 saturated heterocycles. The summed E-state index contributed by atoms with van der Waals surface area (Å²) in [6.07, 6.45) is 4.56. The molecule has 0 amide bonds. The van der Waals surface area contributed by atoms with Crippen LogP contribution in [0.4, 0.5) is 8.78 Å². The summed E-state index contributed by atoms with van der Waals surface area (Å²) in [6.45, 7) is 1.93. The smallest absolute Gasteiger partial charge is 0.132 e. The van der Waals surface area contributed by atoms with Crippen molar-refractivity contribution in [3.63, 3.8) is 0 Å². The number of halogens is 2. The number of aliphatic hydroxyl groups is 1. The fourth-order valence-corrected chi connectivity index (χ4v) is 3.78. The van der Waals surface area contributed by atoms with Crippen molar-refractivity contribution >= 4 is 0 Å². The van der Waals surface area contributed by atoms with Crippen LogP contribution in [-0.4, -0.2) is 14.9 Å². The van der Waals surface area contributed by atoms with Gasteiger partial charge in [0.25, 0.3) is 0 Å². The van der Waals surface area contributed by atoms with Crippen LogP contribution >= 0.6 is 0 Å². The van der Waals surface area contributed by atoms with Gasteiger partial charge in [0.15, 0.2) is 0 Å². The highest BCUT2D eigenvalue weighted by atomic mass is 19.1. The largest absolute Gasteiger partial charge is 0.382 e. The number of nitrogens with zero attached hydrogens (tertiary/aromatic N) is 2. The average molecular weight is 320 g/mol. The maximum Gasteiger partial charge on any atom is 0.132 e. The number of benzene rings is 1. The van der Waals surface area contributed by atoms with Gasteiger partial charge in [0, 0.05) is 24.2 Å². The van der Waals surface area contributed by atoms with Gasteiger partial charge in [-0.2, -0.15) is 5.10 Å². The third-order valence-electron chi connectivity index (χ3n) is 4.84. The van der Waals surface area contributed by atoms with E-state index in [0.717, 1.165) is 30.2 Å². The summed E-state index contributed by atoms with van der Waals surface area (Å²) >= 11 is 0. The molecule has 0 radical (unpaired) electrons. The number of hydrogen-bond acceptors (Lipinski definition) is 2. The first kappa shape index (κ1) is 16.1. The summed E-state index contributed by atoms with van der Waals surface area (Å²) in [5.74, 6) is -1.02. The Labute approximate surface area is 134 Å². The second-order valence-electron chi connectivity index (χ2n) is 6.41. The monoisotopic (exact) mass is 320 g/mol. The van der Waals surface area contributed by atoms with E-state index in [2.05, 4.69) is 5.10 Å². The number of hydrogen-bond donors (Lipinski definition) is 1. The molecule has 0 aliphatic heterocycles. The Kier molecular flexibility index (Phi) is 4.48. The lowest BCUT2D eigenvalue weighted by Crippen LogP contribution is -2.14. The minimum Gasteiger partial charge on any atom is -0.382 e. The van der Waals surface area contributed by atoms with Crippen molar-refractivity contribution in [1.29, 1.82) is 0 Å². The lowest BCUT2D eigenvalue weighted by Gasteiger charge is -2.24. The van der Waals surface area contributed by atoms with E-state index in [1.54, 1.807) is 11.7 Å². The lowest BCUT2D eigenvalue weighted by atomic mass is 9.82. The van der Waals surface area contributed by atoms with Gasteiger partial charge in [0.05, 0.1) is 11.4 Å². The van der Waals surface area contributed by atoms with Crippen molar-refractivity contribution < 1.29 is 13.9 Å². The molecule has 0 spiro atoms. The first-order valence-corrected chi connectivity index (χ1v) is 8.15. The van der Waals surface area contributed by atoms with Crippen LogP contribution in [0.3, 0.4) is 0 Å². The Morgan fingerprint density at radius 1 is 1.22 bits per heavy atom. The minimum atomic E-state index is -1.14. The molecule has 1 fully saturated rings. The molecule has 1 aliphatic carbocycles. The van der Waals surface area contributed by atoms with Crippen LogP contribution in [0, 0.1) is 18.6 Å². The maximum atomic E-state index is 14.1. The van der Waals surface area contributed by atoms with Crippen molar-refractivity contribution in [1.82, 2.24) is 9.78 Å². The van der Waals surface area contributed by atoms with Gasteiger partial charge in [-0.25, -0.2) is 8.78 Å². The number of aliphatic hydroxyl groups excluding tert-OH is 1. The zero-order valence-electron chi connectivity index (χ0n) is 13.5. The predicted octanol–water partition coefficient (Wildman–Crippen LogP) is 4.14. The van der Waals surface area contributed by atoms with E-state index in [9.17, 15) is 13.9 Å². The third kappa shape index (κ3) is 3.02. The van der Waals surface area contributed by atoms with E-state index in [1.807, 2.05) is 6.92 Å². The lowest BCUT2D eigenvalue weighted by molar-refractivity contribution is 0.202. The molecule has 124 valence electrons. The molecule has 5 heteroatoms. The summed E-state index contributed by atoms with van der Waals surface area (Å²) < 4.78 is 28.8. The average Bonchev–Trinajstić information content (AvgIpc) is 2.82. The van der Waals surface area contributed by atoms with E-state index < -0.39 is 17.7 Å². The standard InChI is InChI=1S/C18H22F2N2O/c1-11-16(12-6-4-3-5-7-12)17(22(2)21-11)18(23)14-9-8-13(19)10-15(14)20/h8-10,12,18,23H,3-7H2,1-2H3. The highest BCUT2D eigenvalue weighted by Crippen LogP contribution is 2.39. The fourth-order valence-electron chi connectivity index (χ4n) is 3.78. The molecule has 23 heavy (non-hydrogen) atoms. The summed E-state index contributed by atoms with van der Waals surface area (Å²) in [5, 5.41) is 15.2. The van der Waals surface area contributed by atoms with Crippen molar-refractivity contribution in [2.24, 2.45) is 7.05 Å². The van der Waals surface area contributed by atoms with Crippen LogP contribution in [0.25, 0.3) is 0 Å². The van der Waals surface area contributed by atoms with Gasteiger partial charge in [0.1, 0.15) is 17.7 Å². The van der Waals surface area contributed by atoms with Crippen LogP contribution in [0.5, 0.6) is 0 Å². The van der Waals surface area contributed by atoms with Crippen LogP contribution in [-0.2, 0) is 7.05 Å². The van der Waals surface area contributed by atoms with Crippen molar-refractivity contribution in [3.8, 4) is 0 Å². The zero-order valence-corrected chi connectivity index (χ0v) is 13.5. The Bertz CT molecular complexity index is 705. The molecule has 1 unspecified atom stereocenters. The van der Waals surface area contributed by atoms with Crippen LogP contribution < -0.4 is 0 Å². The second kappa shape index (κ2) is 6.40. The molecule has 1 saturated carbocycles. The summed E-state index contributed by atoms with van der Waals surface area (Å²) in [4.78, 5) is 0. The summed E-state index contributed by atoms with van der Waals surface area (Å²) in [6, 6.07) is 3.29. The van der Waals surface area contributed by atoms with Gasteiger partial charge < -0.3 is 5.11 Å². The Morgan fingerprint density at radius 3 is 2.57 bits per heavy atom.